The molecule has 0 saturated heterocycles. The second-order valence-corrected chi connectivity index (χ2v) is 12.4. The van der Waals surface area contributed by atoms with E-state index in [1.807, 2.05) is 31.1 Å². The number of benzene rings is 2. The molecule has 0 spiro atoms. The van der Waals surface area contributed by atoms with Gasteiger partial charge in [0, 0.05) is 53.5 Å². The van der Waals surface area contributed by atoms with Gasteiger partial charge in [-0.05, 0) is 34.1 Å². The molecule has 3 rings (SSSR count). The van der Waals surface area contributed by atoms with Crippen molar-refractivity contribution in [3.63, 3.8) is 0 Å². The quantitative estimate of drug-likeness (QED) is 0.281. The maximum atomic E-state index is 12.3. The predicted octanol–water partition coefficient (Wildman–Crippen LogP) is 6.91. The van der Waals surface area contributed by atoms with E-state index in [1.54, 1.807) is 6.20 Å². The third-order valence-corrected chi connectivity index (χ3v) is 6.87. The Bertz CT molecular complexity index is 1260. The molecule has 1 heterocycles. The lowest BCUT2D eigenvalue weighted by atomic mass is 9.70. The Morgan fingerprint density at radius 3 is 1.56 bits per heavy atom. The molecule has 0 saturated carbocycles. The molecule has 1 aliphatic rings. The van der Waals surface area contributed by atoms with Crippen LogP contribution in [0.25, 0.3) is 11.1 Å². The van der Waals surface area contributed by atoms with Gasteiger partial charge in [0.1, 0.15) is 11.5 Å². The van der Waals surface area contributed by atoms with Gasteiger partial charge in [-0.15, -0.1) is 0 Å². The van der Waals surface area contributed by atoms with E-state index in [9.17, 15) is 14.7 Å². The number of nitrogens with zero attached hydrogens (tertiary/aromatic N) is 1. The van der Waals surface area contributed by atoms with Crippen LogP contribution in [0.15, 0.2) is 36.7 Å². The Labute approximate surface area is 215 Å². The fourth-order valence-electron chi connectivity index (χ4n) is 4.55. The van der Waals surface area contributed by atoms with Crippen molar-refractivity contribution in [1.29, 1.82) is 0 Å². The monoisotopic (exact) mass is 489 g/mol. The van der Waals surface area contributed by atoms with Crippen LogP contribution in [0.5, 0.6) is 11.5 Å². The number of hydrogen-bond donors (Lipinski definition) is 1. The number of allylic oxidation sites excluding steroid dienone is 2. The van der Waals surface area contributed by atoms with E-state index < -0.39 is 5.41 Å². The van der Waals surface area contributed by atoms with Gasteiger partial charge in [0.2, 0.25) is 0 Å². The molecule has 1 aliphatic heterocycles. The number of hydrogen-bond acceptors (Lipinski definition) is 5. The number of aliphatic hydroxyl groups is 1. The lowest BCUT2D eigenvalue weighted by molar-refractivity contribution is -0.104. The lowest BCUT2D eigenvalue weighted by Crippen LogP contribution is -2.28. The molecule has 36 heavy (non-hydrogen) atoms. The van der Waals surface area contributed by atoms with Crippen LogP contribution in [0.4, 0.5) is 0 Å². The summed E-state index contributed by atoms with van der Waals surface area (Å²) in [4.78, 5) is 26.1. The highest BCUT2D eigenvalue weighted by molar-refractivity contribution is 6.09. The van der Waals surface area contributed by atoms with Gasteiger partial charge in [0.05, 0.1) is 11.8 Å². The summed E-state index contributed by atoms with van der Waals surface area (Å²) in [5, 5.41) is 9.90. The molecule has 0 bridgehead atoms. The second kappa shape index (κ2) is 9.27. The molecule has 0 radical (unpaired) electrons. The molecular weight excluding hydrogens is 450 g/mol. The summed E-state index contributed by atoms with van der Waals surface area (Å²) >= 11 is 0. The van der Waals surface area contributed by atoms with E-state index in [1.165, 1.54) is 0 Å². The van der Waals surface area contributed by atoms with Crippen LogP contribution >= 0.6 is 0 Å². The number of aldehydes is 2. The summed E-state index contributed by atoms with van der Waals surface area (Å²) in [5.41, 5.74) is 5.05. The van der Waals surface area contributed by atoms with E-state index in [0.717, 1.165) is 34.8 Å². The smallest absolute Gasteiger partial charge is 0.153 e. The molecule has 2 aromatic rings. The first-order chi connectivity index (χ1) is 16.6. The number of carbonyl (C=O) groups is 2. The van der Waals surface area contributed by atoms with Crippen molar-refractivity contribution < 1.29 is 19.4 Å². The maximum Gasteiger partial charge on any atom is 0.153 e. The number of fused-ring (bicyclic) bond motifs is 2. The molecule has 0 atom stereocenters. The molecule has 192 valence electrons. The normalized spacial score (nSPS) is 15.5. The average molecular weight is 490 g/mol. The summed E-state index contributed by atoms with van der Waals surface area (Å²) in [5.74, 6) is 1.11. The van der Waals surface area contributed by atoms with E-state index >= 15 is 0 Å². The molecule has 5 nitrogen and oxygen atoms in total. The van der Waals surface area contributed by atoms with Crippen LogP contribution in [0.1, 0.15) is 88.8 Å². The van der Waals surface area contributed by atoms with E-state index in [2.05, 4.69) is 67.5 Å². The minimum atomic E-state index is -0.509. The van der Waals surface area contributed by atoms with Crippen LogP contribution in [0, 0.1) is 0 Å². The van der Waals surface area contributed by atoms with Crippen molar-refractivity contribution in [2.24, 2.45) is 0 Å². The van der Waals surface area contributed by atoms with Gasteiger partial charge in [0.15, 0.2) is 12.6 Å². The van der Waals surface area contributed by atoms with Crippen molar-refractivity contribution in [3.8, 4) is 11.5 Å². The summed E-state index contributed by atoms with van der Waals surface area (Å²) in [6.45, 7) is 17.1. The Hall–Kier alpha value is -3.34. The molecular formula is C31H39NO4. The summed E-state index contributed by atoms with van der Waals surface area (Å²) in [6, 6.07) is 8.25. The number of aliphatic hydroxyl groups excluding tert-OH is 1. The van der Waals surface area contributed by atoms with Crippen LogP contribution in [0.3, 0.4) is 0 Å². The van der Waals surface area contributed by atoms with Gasteiger partial charge >= 0.3 is 0 Å². The second-order valence-electron chi connectivity index (χ2n) is 12.4. The van der Waals surface area contributed by atoms with Gasteiger partial charge in [-0.2, -0.15) is 0 Å². The highest BCUT2D eigenvalue weighted by atomic mass is 16.5. The Balaban J connectivity index is 2.49. The number of carbonyl (C=O) groups excluding carboxylic acids is 2. The maximum absolute atomic E-state index is 12.3. The molecule has 0 aromatic heterocycles. The average Bonchev–Trinajstić information content (AvgIpc) is 2.76. The lowest BCUT2D eigenvalue weighted by Gasteiger charge is -2.39. The fourth-order valence-corrected chi connectivity index (χ4v) is 4.55. The highest BCUT2D eigenvalue weighted by Gasteiger charge is 2.40. The van der Waals surface area contributed by atoms with Crippen LogP contribution in [-0.2, 0) is 25.8 Å². The minimum Gasteiger partial charge on any atom is -0.515 e. The fraction of sp³-hybridized carbons (Fsp3) is 0.419. The minimum absolute atomic E-state index is 0.143. The highest BCUT2D eigenvalue weighted by Crippen LogP contribution is 2.54. The van der Waals surface area contributed by atoms with Gasteiger partial charge in [-0.25, -0.2) is 0 Å². The van der Waals surface area contributed by atoms with Gasteiger partial charge < -0.3 is 14.7 Å². The first kappa shape index (κ1) is 27.3. The van der Waals surface area contributed by atoms with Gasteiger partial charge in [0.25, 0.3) is 0 Å². The molecule has 0 amide bonds. The molecule has 0 fully saturated rings. The largest absolute Gasteiger partial charge is 0.515 e. The van der Waals surface area contributed by atoms with Crippen molar-refractivity contribution in [3.05, 3.63) is 70.1 Å². The van der Waals surface area contributed by atoms with Crippen LogP contribution < -0.4 is 4.74 Å². The third kappa shape index (κ3) is 4.84. The SMILES string of the molecule is CN(C)/C=C(\C=O)c1cc(C(C)(C)C)cc2c1Oc1c(/C(C=O)=C\O)cc(C(C)(C)C)cc1C2(C)C. The third-order valence-electron chi connectivity index (χ3n) is 6.87. The molecule has 0 aliphatic carbocycles. The predicted molar refractivity (Wildman–Crippen MR) is 147 cm³/mol. The zero-order chi connectivity index (χ0) is 27.2. The molecule has 2 aromatic carbocycles. The van der Waals surface area contributed by atoms with Crippen molar-refractivity contribution in [2.45, 2.75) is 71.6 Å². The zero-order valence-electron chi connectivity index (χ0n) is 23.2. The molecule has 1 N–H and O–H groups in total. The van der Waals surface area contributed by atoms with Crippen molar-refractivity contribution >= 4 is 23.7 Å². The first-order valence-electron chi connectivity index (χ1n) is 12.3. The van der Waals surface area contributed by atoms with Crippen LogP contribution in [0.2, 0.25) is 0 Å². The standard InChI is InChI=1S/C31H39NO4/c1-29(2,3)21-11-23(19(16-33)15-32(9)10)27-25(13-21)31(7,8)26-14-22(30(4,5)6)12-24(28(26)36-27)20(17-34)18-35/h11-18,34H,1-10H3/b19-15+,20-17-. The number of rotatable bonds is 5. The molecule has 0 unspecified atom stereocenters. The molecule has 5 heteroatoms. The first-order valence-corrected chi connectivity index (χ1v) is 12.3. The topological polar surface area (TPSA) is 66.8 Å². The van der Waals surface area contributed by atoms with Gasteiger partial charge in [-0.3, -0.25) is 9.59 Å². The Morgan fingerprint density at radius 2 is 1.22 bits per heavy atom. The van der Waals surface area contributed by atoms with Crippen LogP contribution in [-0.4, -0.2) is 36.7 Å². The van der Waals surface area contributed by atoms with E-state index in [4.69, 9.17) is 4.74 Å². The Kier molecular flexibility index (Phi) is 7.02. The van der Waals surface area contributed by atoms with Crippen molar-refractivity contribution in [2.75, 3.05) is 14.1 Å². The number of ether oxygens (including phenoxy) is 1. The summed E-state index contributed by atoms with van der Waals surface area (Å²) in [6.07, 6.45) is 4.10. The van der Waals surface area contributed by atoms with Gasteiger partial charge in [-0.1, -0.05) is 67.5 Å². The van der Waals surface area contributed by atoms with E-state index in [0.29, 0.717) is 34.5 Å². The van der Waals surface area contributed by atoms with E-state index in [-0.39, 0.29) is 16.4 Å². The summed E-state index contributed by atoms with van der Waals surface area (Å²) < 4.78 is 6.63. The van der Waals surface area contributed by atoms with Crippen molar-refractivity contribution in [1.82, 2.24) is 4.90 Å². The summed E-state index contributed by atoms with van der Waals surface area (Å²) in [7, 11) is 3.75. The zero-order valence-corrected chi connectivity index (χ0v) is 23.2. The Morgan fingerprint density at radius 1 is 0.806 bits per heavy atom.